The number of likely N-dealkylation sites (N-methyl/N-ethyl adjacent to an activating group) is 1. The van der Waals surface area contributed by atoms with Crippen LogP contribution in [0.1, 0.15) is 51.2 Å². The van der Waals surface area contributed by atoms with E-state index in [4.69, 9.17) is 0 Å². The highest BCUT2D eigenvalue weighted by Crippen LogP contribution is 2.48. The maximum Gasteiger partial charge on any atom is 0.253 e. The third-order valence-electron chi connectivity index (χ3n) is 6.74. The SMILES string of the molecule is C=C1C2=C(C)/C(=C/CC)C(C(=O)NCc3cccc(C)c3F)=C3CCC(CN1CC)N32. The van der Waals surface area contributed by atoms with E-state index in [1.165, 1.54) is 0 Å². The van der Waals surface area contributed by atoms with Gasteiger partial charge in [-0.1, -0.05) is 37.8 Å². The summed E-state index contributed by atoms with van der Waals surface area (Å²) in [5.41, 5.74) is 7.23. The summed E-state index contributed by atoms with van der Waals surface area (Å²) in [4.78, 5) is 18.2. The predicted molar refractivity (Wildman–Crippen MR) is 122 cm³/mol. The zero-order valence-electron chi connectivity index (χ0n) is 19.0. The van der Waals surface area contributed by atoms with Crippen LogP contribution in [0.25, 0.3) is 0 Å². The molecule has 0 aromatic heterocycles. The van der Waals surface area contributed by atoms with Crippen molar-refractivity contribution in [3.8, 4) is 0 Å². The maximum atomic E-state index is 14.4. The molecular weight excluding hydrogens is 389 g/mol. The highest BCUT2D eigenvalue weighted by Gasteiger charge is 2.44. The summed E-state index contributed by atoms with van der Waals surface area (Å²) in [5.74, 6) is -0.377. The molecule has 1 N–H and O–H groups in total. The van der Waals surface area contributed by atoms with Crippen LogP contribution >= 0.6 is 0 Å². The van der Waals surface area contributed by atoms with Gasteiger partial charge in [0.2, 0.25) is 0 Å². The summed E-state index contributed by atoms with van der Waals surface area (Å²) in [5, 5.41) is 3.00. The van der Waals surface area contributed by atoms with E-state index in [1.54, 1.807) is 19.1 Å². The zero-order chi connectivity index (χ0) is 22.3. The first-order valence-electron chi connectivity index (χ1n) is 11.3. The van der Waals surface area contributed by atoms with Gasteiger partial charge in [0.1, 0.15) is 5.82 Å². The van der Waals surface area contributed by atoms with E-state index in [9.17, 15) is 9.18 Å². The Hall–Kier alpha value is -2.82. The summed E-state index contributed by atoms with van der Waals surface area (Å²) in [6.07, 6.45) is 4.87. The van der Waals surface area contributed by atoms with Gasteiger partial charge in [0, 0.05) is 30.9 Å². The topological polar surface area (TPSA) is 35.6 Å². The van der Waals surface area contributed by atoms with Crippen LogP contribution in [0.3, 0.4) is 0 Å². The normalized spacial score (nSPS) is 21.9. The van der Waals surface area contributed by atoms with Crippen molar-refractivity contribution in [1.82, 2.24) is 15.1 Å². The lowest BCUT2D eigenvalue weighted by Crippen LogP contribution is -2.48. The van der Waals surface area contributed by atoms with Gasteiger partial charge in [-0.2, -0.15) is 0 Å². The molecule has 2 saturated heterocycles. The lowest BCUT2D eigenvalue weighted by molar-refractivity contribution is -0.117. The highest BCUT2D eigenvalue weighted by atomic mass is 19.1. The number of amides is 1. The van der Waals surface area contributed by atoms with Crippen molar-refractivity contribution in [3.05, 3.63) is 81.6 Å². The fourth-order valence-corrected chi connectivity index (χ4v) is 5.17. The van der Waals surface area contributed by atoms with E-state index in [-0.39, 0.29) is 18.3 Å². The average molecular weight is 422 g/mol. The van der Waals surface area contributed by atoms with Gasteiger partial charge in [0.25, 0.3) is 5.91 Å². The molecule has 0 aliphatic carbocycles. The number of carbonyl (C=O) groups excluding carboxylic acids is 1. The van der Waals surface area contributed by atoms with E-state index in [0.717, 1.165) is 66.2 Å². The number of benzene rings is 1. The number of carbonyl (C=O) groups is 1. The molecule has 0 bridgehead atoms. The van der Waals surface area contributed by atoms with E-state index >= 15 is 0 Å². The Bertz CT molecular complexity index is 1030. The Morgan fingerprint density at radius 2 is 2.10 bits per heavy atom. The van der Waals surface area contributed by atoms with Gasteiger partial charge in [-0.25, -0.2) is 4.39 Å². The fraction of sp³-hybridized carbons (Fsp3) is 0.423. The molecule has 1 aromatic carbocycles. The van der Waals surface area contributed by atoms with Crippen LogP contribution in [-0.2, 0) is 11.3 Å². The second-order valence-corrected chi connectivity index (χ2v) is 8.60. The van der Waals surface area contributed by atoms with Crippen molar-refractivity contribution in [2.24, 2.45) is 0 Å². The molecule has 5 heteroatoms. The monoisotopic (exact) mass is 421 g/mol. The minimum atomic E-state index is -0.250. The van der Waals surface area contributed by atoms with Crippen LogP contribution in [0.2, 0.25) is 0 Å². The molecule has 164 valence electrons. The molecule has 1 unspecified atom stereocenters. The molecule has 31 heavy (non-hydrogen) atoms. The molecule has 1 aromatic rings. The molecule has 3 aliphatic heterocycles. The molecule has 1 amide bonds. The van der Waals surface area contributed by atoms with Gasteiger partial charge in [-0.3, -0.25) is 4.79 Å². The van der Waals surface area contributed by atoms with E-state index in [0.29, 0.717) is 17.2 Å². The number of halogens is 1. The molecule has 3 heterocycles. The molecule has 0 radical (unpaired) electrons. The summed E-state index contributed by atoms with van der Waals surface area (Å²) < 4.78 is 14.4. The average Bonchev–Trinajstić information content (AvgIpc) is 3.16. The number of hydrogen-bond donors (Lipinski definition) is 1. The van der Waals surface area contributed by atoms with Gasteiger partial charge < -0.3 is 15.1 Å². The maximum absolute atomic E-state index is 14.4. The van der Waals surface area contributed by atoms with Crippen molar-refractivity contribution in [2.45, 2.75) is 59.5 Å². The van der Waals surface area contributed by atoms with Crippen molar-refractivity contribution < 1.29 is 9.18 Å². The number of nitrogens with one attached hydrogen (secondary N) is 1. The Morgan fingerprint density at radius 1 is 1.32 bits per heavy atom. The molecule has 2 fully saturated rings. The molecule has 0 spiro atoms. The van der Waals surface area contributed by atoms with Crippen LogP contribution in [-0.4, -0.2) is 34.8 Å². The minimum Gasteiger partial charge on any atom is -0.369 e. The van der Waals surface area contributed by atoms with Crippen LogP contribution in [0.4, 0.5) is 4.39 Å². The van der Waals surface area contributed by atoms with Crippen molar-refractivity contribution >= 4 is 5.91 Å². The Morgan fingerprint density at radius 3 is 2.81 bits per heavy atom. The Balaban J connectivity index is 1.70. The number of piperazine rings is 1. The number of hydrogen-bond acceptors (Lipinski definition) is 3. The minimum absolute atomic E-state index is 0.127. The summed E-state index contributed by atoms with van der Waals surface area (Å²) in [6.45, 7) is 14.5. The summed E-state index contributed by atoms with van der Waals surface area (Å²) >= 11 is 0. The van der Waals surface area contributed by atoms with Gasteiger partial charge in [-0.15, -0.1) is 0 Å². The van der Waals surface area contributed by atoms with Gasteiger partial charge in [0.05, 0.1) is 23.0 Å². The quantitative estimate of drug-likeness (QED) is 0.731. The van der Waals surface area contributed by atoms with Crippen molar-refractivity contribution in [3.63, 3.8) is 0 Å². The molecule has 4 rings (SSSR count). The van der Waals surface area contributed by atoms with Crippen LogP contribution in [0.5, 0.6) is 0 Å². The standard InChI is InChI=1S/C26H32FN3O/c1-6-9-21-17(4)25-18(5)29(7-2)15-20-12-13-22(30(20)25)23(21)26(31)28-14-19-11-8-10-16(3)24(19)27/h8-11,20H,5-7,12-15H2,1-4H3,(H,28,31)/b21-9-. The molecule has 0 saturated carbocycles. The Labute approximate surface area is 184 Å². The van der Waals surface area contributed by atoms with Crippen LogP contribution in [0, 0.1) is 12.7 Å². The summed E-state index contributed by atoms with van der Waals surface area (Å²) in [7, 11) is 0. The first-order chi connectivity index (χ1) is 14.9. The van der Waals surface area contributed by atoms with E-state index < -0.39 is 0 Å². The number of nitrogens with zero attached hydrogens (tertiary/aromatic N) is 2. The summed E-state index contributed by atoms with van der Waals surface area (Å²) in [6, 6.07) is 5.66. The second-order valence-electron chi connectivity index (χ2n) is 8.60. The van der Waals surface area contributed by atoms with Gasteiger partial charge in [0.15, 0.2) is 0 Å². The molecular formula is C26H32FN3O. The van der Waals surface area contributed by atoms with E-state index in [2.05, 4.69) is 48.5 Å². The third kappa shape index (κ3) is 3.50. The van der Waals surface area contributed by atoms with Crippen LogP contribution in [0.15, 0.2) is 64.7 Å². The first kappa shape index (κ1) is 21.4. The third-order valence-corrected chi connectivity index (χ3v) is 6.74. The zero-order valence-corrected chi connectivity index (χ0v) is 19.0. The molecule has 4 nitrogen and oxygen atoms in total. The van der Waals surface area contributed by atoms with Crippen molar-refractivity contribution in [1.29, 1.82) is 0 Å². The van der Waals surface area contributed by atoms with Crippen LogP contribution < -0.4 is 5.32 Å². The smallest absolute Gasteiger partial charge is 0.253 e. The predicted octanol–water partition coefficient (Wildman–Crippen LogP) is 4.94. The van der Waals surface area contributed by atoms with Gasteiger partial charge in [-0.05, 0) is 56.7 Å². The largest absolute Gasteiger partial charge is 0.369 e. The fourth-order valence-electron chi connectivity index (χ4n) is 5.17. The van der Waals surface area contributed by atoms with Crippen molar-refractivity contribution in [2.75, 3.05) is 13.1 Å². The highest BCUT2D eigenvalue weighted by molar-refractivity contribution is 6.00. The lowest BCUT2D eigenvalue weighted by atomic mass is 9.88. The second kappa shape index (κ2) is 8.37. The lowest BCUT2D eigenvalue weighted by Gasteiger charge is -2.46. The molecule has 3 aliphatic rings. The van der Waals surface area contributed by atoms with Gasteiger partial charge >= 0.3 is 0 Å². The number of aryl methyl sites for hydroxylation is 1. The van der Waals surface area contributed by atoms with E-state index in [1.807, 2.05) is 6.07 Å². The number of allylic oxidation sites excluding steroid dienone is 3. The number of rotatable bonds is 5. The first-order valence-corrected chi connectivity index (χ1v) is 11.3. The Kier molecular flexibility index (Phi) is 5.78. The molecule has 1 atom stereocenters.